The smallest absolute Gasteiger partial charge is 0.341 e. The number of anilines is 1. The van der Waals surface area contributed by atoms with Gasteiger partial charge in [0.25, 0.3) is 0 Å². The van der Waals surface area contributed by atoms with E-state index in [4.69, 9.17) is 4.74 Å². The minimum Gasteiger partial charge on any atom is -0.465 e. The molecule has 0 spiro atoms. The lowest BCUT2D eigenvalue weighted by Gasteiger charge is -2.20. The Hall–Kier alpha value is -1.36. The summed E-state index contributed by atoms with van der Waals surface area (Å²) in [5, 5.41) is 3.58. The molecule has 0 aromatic carbocycles. The summed E-state index contributed by atoms with van der Waals surface area (Å²) in [6.45, 7) is 7.79. The highest BCUT2D eigenvalue weighted by Gasteiger charge is 2.31. The molecule has 5 heteroatoms. The third kappa shape index (κ3) is 3.35. The Morgan fingerprint density at radius 2 is 2.05 bits per heavy atom. The molecule has 1 unspecified atom stereocenters. The first-order valence-corrected chi connectivity index (χ1v) is 8.63. The van der Waals surface area contributed by atoms with Crippen molar-refractivity contribution in [2.24, 2.45) is 11.3 Å². The predicted octanol–water partition coefficient (Wildman–Crippen LogP) is 4.03. The van der Waals surface area contributed by atoms with Gasteiger partial charge in [0.1, 0.15) is 5.00 Å². The van der Waals surface area contributed by atoms with Gasteiger partial charge in [0.2, 0.25) is 5.91 Å². The summed E-state index contributed by atoms with van der Waals surface area (Å²) in [5.41, 5.74) is 1.14. The fourth-order valence-electron chi connectivity index (χ4n) is 2.70. The van der Waals surface area contributed by atoms with E-state index in [0.717, 1.165) is 31.2 Å². The average molecular weight is 323 g/mol. The van der Waals surface area contributed by atoms with Crippen LogP contribution in [0.1, 0.15) is 61.3 Å². The van der Waals surface area contributed by atoms with Crippen molar-refractivity contribution >= 4 is 28.2 Å². The first-order chi connectivity index (χ1) is 10.3. The van der Waals surface area contributed by atoms with Gasteiger partial charge in [0.05, 0.1) is 12.7 Å². The van der Waals surface area contributed by atoms with Crippen LogP contribution in [0, 0.1) is 11.3 Å². The van der Waals surface area contributed by atoms with Crippen molar-refractivity contribution in [1.82, 2.24) is 0 Å². The molecule has 4 nitrogen and oxygen atoms in total. The van der Waals surface area contributed by atoms with Crippen LogP contribution in [0.3, 0.4) is 0 Å². The van der Waals surface area contributed by atoms with Crippen molar-refractivity contribution < 1.29 is 14.3 Å². The van der Waals surface area contributed by atoms with E-state index in [1.807, 2.05) is 20.8 Å². The zero-order valence-corrected chi connectivity index (χ0v) is 14.9. The Morgan fingerprint density at radius 1 is 1.36 bits per heavy atom. The van der Waals surface area contributed by atoms with E-state index in [0.29, 0.717) is 16.5 Å². The number of thiophene rings is 1. The number of carbonyl (C=O) groups excluding carboxylic acids is 2. The minimum absolute atomic E-state index is 0.0803. The Labute approximate surface area is 136 Å². The number of esters is 1. The number of carbonyl (C=O) groups is 2. The summed E-state index contributed by atoms with van der Waals surface area (Å²) < 4.78 is 4.94. The predicted molar refractivity (Wildman–Crippen MR) is 89.5 cm³/mol. The molecule has 1 aromatic rings. The normalized spacial score (nSPS) is 17.8. The van der Waals surface area contributed by atoms with Gasteiger partial charge in [-0.05, 0) is 30.7 Å². The van der Waals surface area contributed by atoms with Crippen molar-refractivity contribution in [2.75, 3.05) is 12.4 Å². The molecule has 122 valence electrons. The van der Waals surface area contributed by atoms with Crippen LogP contribution in [0.5, 0.6) is 0 Å². The zero-order valence-electron chi connectivity index (χ0n) is 14.0. The van der Waals surface area contributed by atoms with E-state index in [9.17, 15) is 9.59 Å². The Bertz CT molecular complexity index is 583. The largest absolute Gasteiger partial charge is 0.465 e. The van der Waals surface area contributed by atoms with Crippen molar-refractivity contribution in [3.8, 4) is 0 Å². The van der Waals surface area contributed by atoms with Crippen molar-refractivity contribution in [3.05, 3.63) is 16.0 Å². The third-order valence-corrected chi connectivity index (χ3v) is 5.41. The Balaban J connectivity index is 2.39. The fourth-order valence-corrected chi connectivity index (χ4v) is 4.04. The topological polar surface area (TPSA) is 55.4 Å². The van der Waals surface area contributed by atoms with Crippen LogP contribution in [-0.2, 0) is 22.4 Å². The molecule has 1 aliphatic rings. The summed E-state index contributed by atoms with van der Waals surface area (Å²) in [6.07, 6.45) is 4.12. The Kier molecular flexibility index (Phi) is 4.95. The van der Waals surface area contributed by atoms with Crippen LogP contribution in [0.4, 0.5) is 5.00 Å². The number of rotatable bonds is 3. The zero-order chi connectivity index (χ0) is 16.5. The molecular formula is C17H25NO3S. The van der Waals surface area contributed by atoms with Crippen LogP contribution in [-0.4, -0.2) is 19.0 Å². The molecule has 1 amide bonds. The molecule has 0 fully saturated rings. The van der Waals surface area contributed by atoms with Crippen molar-refractivity contribution in [2.45, 2.75) is 53.4 Å². The number of fused-ring (bicyclic) bond motifs is 1. The van der Waals surface area contributed by atoms with Gasteiger partial charge < -0.3 is 10.1 Å². The molecule has 0 saturated carbocycles. The van der Waals surface area contributed by atoms with Crippen LogP contribution in [0.15, 0.2) is 0 Å². The van der Waals surface area contributed by atoms with Gasteiger partial charge in [0.15, 0.2) is 0 Å². The van der Waals surface area contributed by atoms with Gasteiger partial charge in [-0.2, -0.15) is 0 Å². The van der Waals surface area contributed by atoms with Gasteiger partial charge in [-0.1, -0.05) is 34.1 Å². The van der Waals surface area contributed by atoms with Crippen LogP contribution >= 0.6 is 11.3 Å². The van der Waals surface area contributed by atoms with Crippen molar-refractivity contribution in [1.29, 1.82) is 0 Å². The maximum atomic E-state index is 12.3. The molecule has 1 atom stereocenters. The molecule has 22 heavy (non-hydrogen) atoms. The molecule has 0 saturated heterocycles. The molecule has 1 heterocycles. The second-order valence-electron chi connectivity index (χ2n) is 6.92. The standard InChI is InChI=1S/C17H25NO3S/c1-6-10-7-8-11-12(9-10)22-14(13(11)15(19)21-5)18-16(20)17(2,3)4/h10H,6-9H2,1-5H3,(H,18,20). The van der Waals surface area contributed by atoms with Gasteiger partial charge in [0, 0.05) is 10.3 Å². The molecule has 0 aliphatic heterocycles. The summed E-state index contributed by atoms with van der Waals surface area (Å²) in [4.78, 5) is 25.7. The van der Waals surface area contributed by atoms with E-state index < -0.39 is 5.41 Å². The highest BCUT2D eigenvalue weighted by Crippen LogP contribution is 2.41. The molecule has 1 aromatic heterocycles. The van der Waals surface area contributed by atoms with Gasteiger partial charge in [-0.15, -0.1) is 11.3 Å². The van der Waals surface area contributed by atoms with Gasteiger partial charge >= 0.3 is 5.97 Å². The number of hydrogen-bond acceptors (Lipinski definition) is 4. The maximum Gasteiger partial charge on any atom is 0.341 e. The molecule has 1 N–H and O–H groups in total. The van der Waals surface area contributed by atoms with Crippen LogP contribution < -0.4 is 5.32 Å². The summed E-state index contributed by atoms with van der Waals surface area (Å²) in [5.74, 6) is 0.239. The Morgan fingerprint density at radius 3 is 2.59 bits per heavy atom. The first kappa shape index (κ1) is 17.0. The fraction of sp³-hybridized carbons (Fsp3) is 0.647. The minimum atomic E-state index is -0.496. The monoisotopic (exact) mass is 323 g/mol. The number of amides is 1. The summed E-state index contributed by atoms with van der Waals surface area (Å²) >= 11 is 1.54. The highest BCUT2D eigenvalue weighted by atomic mass is 32.1. The quantitative estimate of drug-likeness (QED) is 0.854. The van der Waals surface area contributed by atoms with E-state index >= 15 is 0 Å². The van der Waals surface area contributed by atoms with E-state index in [-0.39, 0.29) is 11.9 Å². The highest BCUT2D eigenvalue weighted by molar-refractivity contribution is 7.17. The van der Waals surface area contributed by atoms with E-state index in [1.165, 1.54) is 23.3 Å². The lowest BCUT2D eigenvalue weighted by molar-refractivity contribution is -0.123. The molecule has 0 radical (unpaired) electrons. The van der Waals surface area contributed by atoms with Crippen LogP contribution in [0.2, 0.25) is 0 Å². The summed E-state index contributed by atoms with van der Waals surface area (Å²) in [7, 11) is 1.39. The molecule has 0 bridgehead atoms. The SMILES string of the molecule is CCC1CCc2c(sc(NC(=O)C(C)(C)C)c2C(=O)OC)C1. The number of ether oxygens (including phenoxy) is 1. The maximum absolute atomic E-state index is 12.3. The molecule has 2 rings (SSSR count). The van der Waals surface area contributed by atoms with Crippen LogP contribution in [0.25, 0.3) is 0 Å². The number of nitrogens with one attached hydrogen (secondary N) is 1. The first-order valence-electron chi connectivity index (χ1n) is 7.82. The lowest BCUT2D eigenvalue weighted by atomic mass is 9.85. The summed E-state index contributed by atoms with van der Waals surface area (Å²) in [6, 6.07) is 0. The van der Waals surface area contributed by atoms with E-state index in [2.05, 4.69) is 12.2 Å². The lowest BCUT2D eigenvalue weighted by Crippen LogP contribution is -2.28. The second kappa shape index (κ2) is 6.41. The average Bonchev–Trinajstić information content (AvgIpc) is 2.82. The molecular weight excluding hydrogens is 298 g/mol. The van der Waals surface area contributed by atoms with E-state index in [1.54, 1.807) is 0 Å². The molecule has 1 aliphatic carbocycles. The third-order valence-electron chi connectivity index (χ3n) is 4.24. The van der Waals surface area contributed by atoms with Gasteiger partial charge in [-0.3, -0.25) is 4.79 Å². The number of hydrogen-bond donors (Lipinski definition) is 1. The van der Waals surface area contributed by atoms with Crippen molar-refractivity contribution in [3.63, 3.8) is 0 Å². The van der Waals surface area contributed by atoms with Gasteiger partial charge in [-0.25, -0.2) is 4.79 Å². The number of methoxy groups -OCH3 is 1. The second-order valence-corrected chi connectivity index (χ2v) is 8.03.